The van der Waals surface area contributed by atoms with E-state index in [2.05, 4.69) is 15.3 Å². The van der Waals surface area contributed by atoms with Crippen molar-refractivity contribution < 1.29 is 9.59 Å². The second-order valence-electron chi connectivity index (χ2n) is 5.93. The monoisotopic (exact) mass is 364 g/mol. The summed E-state index contributed by atoms with van der Waals surface area (Å²) < 4.78 is 0. The van der Waals surface area contributed by atoms with Gasteiger partial charge in [0.2, 0.25) is 0 Å². The number of aryl methyl sites for hydroxylation is 1. The number of hydrogen-bond donors (Lipinski definition) is 1. The Morgan fingerprint density at radius 3 is 2.88 bits per heavy atom. The van der Waals surface area contributed by atoms with Crippen molar-refractivity contribution in [2.45, 2.75) is 12.8 Å². The first-order chi connectivity index (χ1) is 12.7. The predicted octanol–water partition coefficient (Wildman–Crippen LogP) is 3.38. The van der Waals surface area contributed by atoms with Gasteiger partial charge in [0.1, 0.15) is 5.69 Å². The number of aromatic nitrogens is 2. The first-order valence-electron chi connectivity index (χ1n) is 8.28. The van der Waals surface area contributed by atoms with E-state index in [1.807, 2.05) is 40.6 Å². The normalized spacial score (nSPS) is 13.2. The lowest BCUT2D eigenvalue weighted by Gasteiger charge is -2.29. The third kappa shape index (κ3) is 3.21. The van der Waals surface area contributed by atoms with Gasteiger partial charge in [0.15, 0.2) is 0 Å². The van der Waals surface area contributed by atoms with E-state index < -0.39 is 0 Å². The Bertz CT molecular complexity index is 941. The highest BCUT2D eigenvalue weighted by molar-refractivity contribution is 7.12. The Morgan fingerprint density at radius 2 is 2.12 bits per heavy atom. The molecule has 1 aliphatic rings. The van der Waals surface area contributed by atoms with Crippen LogP contribution in [0.3, 0.4) is 0 Å². The summed E-state index contributed by atoms with van der Waals surface area (Å²) in [6.45, 7) is 0.703. The fraction of sp³-hybridized carbons (Fsp3) is 0.158. The first kappa shape index (κ1) is 16.4. The highest BCUT2D eigenvalue weighted by Crippen LogP contribution is 2.31. The molecule has 0 unspecified atom stereocenters. The van der Waals surface area contributed by atoms with Crippen LogP contribution in [0.5, 0.6) is 0 Å². The molecule has 0 saturated carbocycles. The third-order valence-electron chi connectivity index (χ3n) is 4.23. The zero-order valence-electron chi connectivity index (χ0n) is 13.9. The Hall–Kier alpha value is -3.06. The van der Waals surface area contributed by atoms with Gasteiger partial charge in [0.05, 0.1) is 11.1 Å². The molecule has 7 heteroatoms. The summed E-state index contributed by atoms with van der Waals surface area (Å²) >= 11 is 1.45. The lowest BCUT2D eigenvalue weighted by Crippen LogP contribution is -2.35. The maximum atomic E-state index is 12.7. The van der Waals surface area contributed by atoms with Gasteiger partial charge in [0, 0.05) is 30.3 Å². The van der Waals surface area contributed by atoms with Crippen molar-refractivity contribution in [3.8, 4) is 0 Å². The van der Waals surface area contributed by atoms with Crippen molar-refractivity contribution in [2.24, 2.45) is 0 Å². The first-order valence-corrected chi connectivity index (χ1v) is 9.16. The van der Waals surface area contributed by atoms with E-state index in [0.717, 1.165) is 29.0 Å². The van der Waals surface area contributed by atoms with Crippen LogP contribution in [0.4, 0.5) is 11.4 Å². The molecule has 2 amide bonds. The number of carbonyl (C=O) groups excluding carboxylic acids is 2. The average molecular weight is 364 g/mol. The van der Waals surface area contributed by atoms with Crippen molar-refractivity contribution in [1.82, 2.24) is 9.97 Å². The van der Waals surface area contributed by atoms with Crippen molar-refractivity contribution in [1.29, 1.82) is 0 Å². The molecule has 0 spiro atoms. The highest BCUT2D eigenvalue weighted by atomic mass is 32.1. The number of amides is 2. The van der Waals surface area contributed by atoms with Crippen LogP contribution in [0.15, 0.2) is 54.3 Å². The molecule has 2 aromatic heterocycles. The molecule has 3 aromatic rings. The second kappa shape index (κ2) is 7.05. The van der Waals surface area contributed by atoms with Crippen LogP contribution in [-0.4, -0.2) is 28.3 Å². The Morgan fingerprint density at radius 1 is 1.19 bits per heavy atom. The van der Waals surface area contributed by atoms with Crippen molar-refractivity contribution in [3.63, 3.8) is 0 Å². The van der Waals surface area contributed by atoms with Crippen LogP contribution in [0.1, 0.15) is 32.1 Å². The third-order valence-corrected chi connectivity index (χ3v) is 5.09. The van der Waals surface area contributed by atoms with E-state index in [-0.39, 0.29) is 17.5 Å². The number of thiophene rings is 1. The molecule has 0 aliphatic carbocycles. The summed E-state index contributed by atoms with van der Waals surface area (Å²) in [5.41, 5.74) is 2.91. The fourth-order valence-corrected chi connectivity index (χ4v) is 3.70. The van der Waals surface area contributed by atoms with Gasteiger partial charge in [-0.15, -0.1) is 11.3 Å². The van der Waals surface area contributed by atoms with E-state index in [1.165, 1.54) is 29.9 Å². The van der Waals surface area contributed by atoms with Crippen molar-refractivity contribution in [2.75, 3.05) is 16.8 Å². The summed E-state index contributed by atoms with van der Waals surface area (Å²) in [5, 5.41) is 4.74. The van der Waals surface area contributed by atoms with Crippen LogP contribution in [0.2, 0.25) is 0 Å². The maximum absolute atomic E-state index is 12.7. The molecule has 4 rings (SSSR count). The summed E-state index contributed by atoms with van der Waals surface area (Å²) in [4.78, 5) is 35.4. The lowest BCUT2D eigenvalue weighted by atomic mass is 10.0. The molecular weight excluding hydrogens is 348 g/mol. The number of nitrogens with one attached hydrogen (secondary N) is 1. The predicted molar refractivity (Wildman–Crippen MR) is 101 cm³/mol. The van der Waals surface area contributed by atoms with Gasteiger partial charge in [0.25, 0.3) is 11.8 Å². The van der Waals surface area contributed by atoms with Gasteiger partial charge in [-0.25, -0.2) is 4.98 Å². The van der Waals surface area contributed by atoms with Gasteiger partial charge < -0.3 is 10.2 Å². The summed E-state index contributed by atoms with van der Waals surface area (Å²) in [5.74, 6) is -0.280. The number of hydrogen-bond acceptors (Lipinski definition) is 5. The molecule has 1 aliphatic heterocycles. The van der Waals surface area contributed by atoms with Gasteiger partial charge in [-0.1, -0.05) is 6.07 Å². The molecule has 3 heterocycles. The zero-order chi connectivity index (χ0) is 17.9. The van der Waals surface area contributed by atoms with Crippen molar-refractivity contribution >= 4 is 34.5 Å². The van der Waals surface area contributed by atoms with Crippen LogP contribution >= 0.6 is 11.3 Å². The minimum Gasteiger partial charge on any atom is -0.321 e. The summed E-state index contributed by atoms with van der Waals surface area (Å²) in [6.07, 6.45) is 6.20. The maximum Gasteiger partial charge on any atom is 0.275 e. The molecule has 0 radical (unpaired) electrons. The fourth-order valence-electron chi connectivity index (χ4n) is 3.03. The molecule has 0 atom stereocenters. The van der Waals surface area contributed by atoms with E-state index >= 15 is 0 Å². The average Bonchev–Trinajstić information content (AvgIpc) is 3.22. The lowest BCUT2D eigenvalue weighted by molar-refractivity contribution is 0.0986. The molecule has 0 saturated heterocycles. The molecule has 0 fully saturated rings. The molecule has 1 N–H and O–H groups in total. The number of nitrogens with zero attached hydrogens (tertiary/aromatic N) is 3. The van der Waals surface area contributed by atoms with E-state index in [1.54, 1.807) is 0 Å². The van der Waals surface area contributed by atoms with Gasteiger partial charge >= 0.3 is 0 Å². The van der Waals surface area contributed by atoms with E-state index in [9.17, 15) is 9.59 Å². The topological polar surface area (TPSA) is 75.2 Å². The van der Waals surface area contributed by atoms with Crippen LogP contribution in [0.25, 0.3) is 0 Å². The van der Waals surface area contributed by atoms with Gasteiger partial charge in [-0.05, 0) is 48.1 Å². The number of rotatable bonds is 3. The van der Waals surface area contributed by atoms with E-state index in [4.69, 9.17) is 0 Å². The number of fused-ring (bicyclic) bond motifs is 1. The molecular formula is C19H16N4O2S. The quantitative estimate of drug-likeness (QED) is 0.773. The Balaban J connectivity index is 1.57. The largest absolute Gasteiger partial charge is 0.321 e. The number of carbonyl (C=O) groups is 2. The minimum absolute atomic E-state index is 0.0253. The van der Waals surface area contributed by atoms with E-state index in [0.29, 0.717) is 12.2 Å². The molecule has 6 nitrogen and oxygen atoms in total. The summed E-state index contributed by atoms with van der Waals surface area (Å²) in [7, 11) is 0. The number of benzene rings is 1. The molecule has 130 valence electrons. The smallest absolute Gasteiger partial charge is 0.275 e. The second-order valence-corrected chi connectivity index (χ2v) is 6.87. The highest BCUT2D eigenvalue weighted by Gasteiger charge is 2.24. The standard InChI is InChI=1S/C19H16N4O2S/c24-18(15-12-20-7-8-21-15)22-14-5-6-16-13(11-14)3-1-9-23(16)19(25)17-4-2-10-26-17/h2,4-8,10-12H,1,3,9H2,(H,22,24). The molecule has 26 heavy (non-hydrogen) atoms. The number of anilines is 2. The Labute approximate surface area is 154 Å². The molecule has 1 aromatic carbocycles. The van der Waals surface area contributed by atoms with Gasteiger partial charge in [-0.3, -0.25) is 14.6 Å². The summed E-state index contributed by atoms with van der Waals surface area (Å²) in [6, 6.07) is 9.36. The van der Waals surface area contributed by atoms with Crippen LogP contribution < -0.4 is 10.2 Å². The zero-order valence-corrected chi connectivity index (χ0v) is 14.7. The van der Waals surface area contributed by atoms with Crippen molar-refractivity contribution in [3.05, 3.63) is 70.4 Å². The SMILES string of the molecule is O=C(Nc1ccc2c(c1)CCCN2C(=O)c1cccs1)c1cnccn1. The minimum atomic E-state index is -0.305. The van der Waals surface area contributed by atoms with Crippen LogP contribution in [-0.2, 0) is 6.42 Å². The van der Waals surface area contributed by atoms with Gasteiger partial charge in [-0.2, -0.15) is 0 Å². The molecule has 0 bridgehead atoms. The Kier molecular flexibility index (Phi) is 4.45. The van der Waals surface area contributed by atoms with Crippen LogP contribution in [0, 0.1) is 0 Å².